The first kappa shape index (κ1) is 58.2. The summed E-state index contributed by atoms with van der Waals surface area (Å²) in [6, 6.07) is 30.2. The summed E-state index contributed by atoms with van der Waals surface area (Å²) in [5, 5.41) is 19.4. The Bertz CT molecular complexity index is 3300. The van der Waals surface area contributed by atoms with Crippen LogP contribution >= 0.6 is 11.3 Å². The Morgan fingerprint density at radius 3 is 2.20 bits per heavy atom. The van der Waals surface area contributed by atoms with Crippen LogP contribution in [0.4, 0.5) is 5.82 Å². The maximum atomic E-state index is 14.0. The molecule has 4 amide bonds. The predicted molar refractivity (Wildman–Crippen MR) is 312 cm³/mol. The van der Waals surface area contributed by atoms with Gasteiger partial charge in [-0.15, -0.1) is 11.3 Å². The number of rotatable bonds is 25. The van der Waals surface area contributed by atoms with E-state index in [1.54, 1.807) is 17.5 Å². The number of likely N-dealkylation sites (tertiary alicyclic amines) is 1. The van der Waals surface area contributed by atoms with Gasteiger partial charge in [-0.1, -0.05) is 75.4 Å². The summed E-state index contributed by atoms with van der Waals surface area (Å²) < 4.78 is 18.9. The minimum Gasteiger partial charge on any atom is -0.391 e. The van der Waals surface area contributed by atoms with Gasteiger partial charge in [0, 0.05) is 61.9 Å². The van der Waals surface area contributed by atoms with E-state index < -0.39 is 29.5 Å². The van der Waals surface area contributed by atoms with Gasteiger partial charge < -0.3 is 51.6 Å². The molecule has 1 aliphatic carbocycles. The summed E-state index contributed by atoms with van der Waals surface area (Å²) in [6.45, 7) is 9.63. The molecule has 0 radical (unpaired) electrons. The van der Waals surface area contributed by atoms with Crippen LogP contribution in [0.2, 0.25) is 0 Å². The lowest BCUT2D eigenvalue weighted by molar-refractivity contribution is -0.144. The summed E-state index contributed by atoms with van der Waals surface area (Å²) in [5.41, 5.74) is 23.6. The first-order chi connectivity index (χ1) is 39.0. The second-order valence-corrected chi connectivity index (χ2v) is 22.7. The Balaban J connectivity index is 0.653. The molecule has 20 heteroatoms. The minimum atomic E-state index is -0.946. The standard InChI is InChI=1S/C61H73N11O8S/c1-39-53(81-38-67-39)42-13-11-41(12-14-42)36-66-58(76)50-35-46(73)37-71(50)59(77)54(60(2,3)4)70-52(75)23-29-79-31-33-80-32-30-78-28-22-51(74)64-27-21-40-8-5-9-43(34-40)48-19-20-49-57(68-48)72(56(69-49)47-10-6-26-65-55(47)62)45-17-15-44(16-18-45)61(63)24-7-25-61/h5-6,8-20,26,34,38,46,50,54,73H,7,21-25,27-33,35-37,63H2,1-4H3,(H2,62,65)(H,64,74)(H,66,76)(H,70,75)/t46-,50+,54-/m1/s1. The van der Waals surface area contributed by atoms with E-state index in [0.29, 0.717) is 54.5 Å². The first-order valence-electron chi connectivity index (χ1n) is 27.7. The average Bonchev–Trinajstić information content (AvgIpc) is 4.27. The topological polar surface area (TPSA) is 264 Å². The van der Waals surface area contributed by atoms with Gasteiger partial charge in [0.2, 0.25) is 23.6 Å². The van der Waals surface area contributed by atoms with Crippen LogP contribution in [0.15, 0.2) is 109 Å². The number of thiazole rings is 1. The van der Waals surface area contributed by atoms with Crippen molar-refractivity contribution in [1.29, 1.82) is 0 Å². The van der Waals surface area contributed by atoms with Gasteiger partial charge in [0.1, 0.15) is 23.4 Å². The lowest BCUT2D eigenvalue weighted by Gasteiger charge is -2.38. The van der Waals surface area contributed by atoms with E-state index >= 15 is 0 Å². The minimum absolute atomic E-state index is 0.00611. The molecule has 5 heterocycles. The Morgan fingerprint density at radius 1 is 0.815 bits per heavy atom. The maximum absolute atomic E-state index is 14.0. The highest BCUT2D eigenvalue weighted by Crippen LogP contribution is 2.40. The van der Waals surface area contributed by atoms with Crippen molar-refractivity contribution in [1.82, 2.24) is 45.4 Å². The molecule has 9 rings (SSSR count). The number of amides is 4. The zero-order valence-electron chi connectivity index (χ0n) is 46.5. The molecule has 7 aromatic rings. The highest BCUT2D eigenvalue weighted by Gasteiger charge is 2.44. The fourth-order valence-corrected chi connectivity index (χ4v) is 11.0. The summed E-state index contributed by atoms with van der Waals surface area (Å²) in [6.07, 6.45) is 4.78. The summed E-state index contributed by atoms with van der Waals surface area (Å²) in [4.78, 5) is 74.5. The van der Waals surface area contributed by atoms with Crippen molar-refractivity contribution < 1.29 is 38.5 Å². The lowest BCUT2D eigenvalue weighted by atomic mass is 9.73. The molecule has 0 spiro atoms. The van der Waals surface area contributed by atoms with Crippen molar-refractivity contribution in [3.05, 3.63) is 131 Å². The number of anilines is 1. The second-order valence-electron chi connectivity index (χ2n) is 21.9. The van der Waals surface area contributed by atoms with Crippen molar-refractivity contribution in [3.8, 4) is 38.8 Å². The van der Waals surface area contributed by atoms with Crippen LogP contribution in [0.3, 0.4) is 0 Å². The van der Waals surface area contributed by atoms with Crippen molar-refractivity contribution in [2.24, 2.45) is 11.1 Å². The molecule has 1 aliphatic heterocycles. The Morgan fingerprint density at radius 2 is 1.53 bits per heavy atom. The van der Waals surface area contributed by atoms with Crippen LogP contribution in [-0.2, 0) is 51.9 Å². The summed E-state index contributed by atoms with van der Waals surface area (Å²) in [5.74, 6) is -0.281. The quantitative estimate of drug-likeness (QED) is 0.0322. The van der Waals surface area contributed by atoms with E-state index in [9.17, 15) is 24.3 Å². The van der Waals surface area contributed by atoms with E-state index in [4.69, 9.17) is 35.6 Å². The number of fused-ring (bicyclic) bond motifs is 1. The van der Waals surface area contributed by atoms with Crippen LogP contribution < -0.4 is 27.4 Å². The normalized spacial score (nSPS) is 16.2. The number of β-amino-alcohol motifs (C(OH)–C–C–N with tert-alkyl or cyclic N) is 1. The number of hydrogen-bond acceptors (Lipinski definition) is 15. The van der Waals surface area contributed by atoms with Gasteiger partial charge in [0.25, 0.3) is 0 Å². The van der Waals surface area contributed by atoms with Crippen LogP contribution in [0.1, 0.15) is 81.7 Å². The average molecular weight is 1120 g/mol. The fraction of sp³-hybridized carbons (Fsp3) is 0.410. The van der Waals surface area contributed by atoms with Crippen LogP contribution in [0.25, 0.3) is 49.9 Å². The zero-order valence-corrected chi connectivity index (χ0v) is 47.3. The first-order valence-corrected chi connectivity index (χ1v) is 28.6. The van der Waals surface area contributed by atoms with Crippen LogP contribution in [-0.4, -0.2) is 129 Å². The summed E-state index contributed by atoms with van der Waals surface area (Å²) >= 11 is 1.57. The number of carbonyl (C=O) groups excluding carboxylic acids is 4. The van der Waals surface area contributed by atoms with Gasteiger partial charge in [-0.05, 0) is 103 Å². The third-order valence-corrected chi connectivity index (χ3v) is 15.9. The number of nitrogen functional groups attached to an aromatic ring is 1. The highest BCUT2D eigenvalue weighted by atomic mass is 32.1. The summed E-state index contributed by atoms with van der Waals surface area (Å²) in [7, 11) is 0. The third kappa shape index (κ3) is 14.5. The number of imidazole rings is 1. The second kappa shape index (κ2) is 26.4. The highest BCUT2D eigenvalue weighted by molar-refractivity contribution is 7.13. The molecule has 4 aromatic heterocycles. The molecule has 426 valence electrons. The molecule has 1 saturated carbocycles. The Hall–Kier alpha value is -7.46. The molecule has 3 aromatic carbocycles. The molecule has 1 saturated heterocycles. The number of aromatic nitrogens is 5. The van der Waals surface area contributed by atoms with Gasteiger partial charge in [-0.25, -0.2) is 19.9 Å². The smallest absolute Gasteiger partial charge is 0.246 e. The van der Waals surface area contributed by atoms with Crippen LogP contribution in [0, 0.1) is 12.3 Å². The SMILES string of the molecule is Cc1ncsc1-c1ccc(CNC(=O)[C@@H]2C[C@@H](O)CN2C(=O)[C@@H](NC(=O)CCOCCOCCOCCC(=O)NCCc2cccc(-c3ccc4nc(-c5cccnc5N)n(-c5ccc(C6(N)CCC6)cc5)c4n3)c2)C(C)(C)C)cc1. The number of aliphatic hydroxyl groups excluding tert-OH is 1. The molecule has 0 bridgehead atoms. The largest absolute Gasteiger partial charge is 0.391 e. The van der Waals surface area contributed by atoms with E-state index in [0.717, 1.165) is 69.0 Å². The van der Waals surface area contributed by atoms with Crippen molar-refractivity contribution >= 4 is 51.9 Å². The van der Waals surface area contributed by atoms with Gasteiger partial charge in [0.05, 0.1) is 73.1 Å². The monoisotopic (exact) mass is 1120 g/mol. The Kier molecular flexibility index (Phi) is 19.0. The number of nitrogens with two attached hydrogens (primary N) is 2. The van der Waals surface area contributed by atoms with Gasteiger partial charge >= 0.3 is 0 Å². The van der Waals surface area contributed by atoms with Crippen LogP contribution in [0.5, 0.6) is 0 Å². The number of hydrogen-bond donors (Lipinski definition) is 6. The fourth-order valence-electron chi connectivity index (χ4n) is 10.1. The number of aliphatic hydroxyl groups is 1. The number of benzene rings is 3. The van der Waals surface area contributed by atoms with E-state index in [1.165, 1.54) is 4.90 Å². The molecule has 2 aliphatic rings. The number of pyridine rings is 2. The number of carbonyl (C=O) groups is 4. The van der Waals surface area contributed by atoms with Crippen molar-refractivity contribution in [2.45, 2.75) is 103 Å². The number of aryl methyl sites for hydroxylation is 1. The molecule has 0 unspecified atom stereocenters. The molecular formula is C61H73N11O8S. The van der Waals surface area contributed by atoms with E-state index in [-0.39, 0.29) is 82.0 Å². The molecule has 81 heavy (non-hydrogen) atoms. The van der Waals surface area contributed by atoms with E-state index in [1.807, 2.05) is 105 Å². The number of ether oxygens (including phenoxy) is 3. The van der Waals surface area contributed by atoms with Gasteiger partial charge in [-0.2, -0.15) is 0 Å². The molecule has 19 nitrogen and oxygen atoms in total. The molecule has 8 N–H and O–H groups in total. The third-order valence-electron chi connectivity index (χ3n) is 14.9. The zero-order chi connectivity index (χ0) is 57.1. The Labute approximate surface area is 476 Å². The molecule has 3 atom stereocenters. The van der Waals surface area contributed by atoms with Crippen molar-refractivity contribution in [2.75, 3.05) is 58.5 Å². The van der Waals surface area contributed by atoms with E-state index in [2.05, 4.69) is 56.3 Å². The maximum Gasteiger partial charge on any atom is 0.246 e. The molecular weight excluding hydrogens is 1050 g/mol. The molecule has 2 fully saturated rings. The van der Waals surface area contributed by atoms with Gasteiger partial charge in [0.15, 0.2) is 11.5 Å². The number of nitrogens with one attached hydrogen (secondary N) is 3. The number of nitrogens with zero attached hydrogens (tertiary/aromatic N) is 6. The predicted octanol–water partition coefficient (Wildman–Crippen LogP) is 6.80. The lowest BCUT2D eigenvalue weighted by Crippen LogP contribution is -2.57. The van der Waals surface area contributed by atoms with Crippen molar-refractivity contribution in [3.63, 3.8) is 0 Å². The van der Waals surface area contributed by atoms with Gasteiger partial charge in [-0.3, -0.25) is 23.7 Å².